The normalized spacial score (nSPS) is 11.1. The summed E-state index contributed by atoms with van der Waals surface area (Å²) in [6.45, 7) is 7.81. The zero-order valence-electron chi connectivity index (χ0n) is 14.4. The average Bonchev–Trinajstić information content (AvgIpc) is 2.98. The molecule has 0 radical (unpaired) electrons. The minimum absolute atomic E-state index is 0.133. The van der Waals surface area contributed by atoms with E-state index in [-0.39, 0.29) is 11.7 Å². The van der Waals surface area contributed by atoms with Crippen molar-refractivity contribution in [2.75, 3.05) is 11.1 Å². The minimum Gasteiger partial charge on any atom is -0.325 e. The molecule has 3 aromatic rings. The summed E-state index contributed by atoms with van der Waals surface area (Å²) in [5.74, 6) is 0.625. The summed E-state index contributed by atoms with van der Waals surface area (Å²) in [6, 6.07) is 5.42. The number of halogens is 1. The van der Waals surface area contributed by atoms with Crippen molar-refractivity contribution in [3.8, 4) is 0 Å². The molecule has 0 unspecified atom stereocenters. The number of amides is 1. The van der Waals surface area contributed by atoms with Gasteiger partial charge in [0.2, 0.25) is 11.1 Å². The summed E-state index contributed by atoms with van der Waals surface area (Å²) >= 11 is 7.35. The standard InChI is InChI=1S/C17H18ClN5OS/c1-9-11(3)19-16-21-17(22-23(16)12(9)4)25-8-15(24)20-14-7-5-6-13(18)10(14)2/h5-7H,8H2,1-4H3,(H,20,24). The number of benzene rings is 1. The molecular weight excluding hydrogens is 358 g/mol. The highest BCUT2D eigenvalue weighted by Gasteiger charge is 2.13. The van der Waals surface area contributed by atoms with E-state index in [1.165, 1.54) is 11.8 Å². The van der Waals surface area contributed by atoms with Crippen LogP contribution in [0.2, 0.25) is 5.02 Å². The third-order valence-corrected chi connectivity index (χ3v) is 5.36. The number of nitrogens with one attached hydrogen (secondary N) is 1. The van der Waals surface area contributed by atoms with Crippen LogP contribution in [0.15, 0.2) is 23.4 Å². The lowest BCUT2D eigenvalue weighted by Gasteiger charge is -2.08. The molecule has 1 aromatic carbocycles. The van der Waals surface area contributed by atoms with Gasteiger partial charge in [-0.2, -0.15) is 4.98 Å². The highest BCUT2D eigenvalue weighted by Crippen LogP contribution is 2.23. The van der Waals surface area contributed by atoms with Crippen molar-refractivity contribution < 1.29 is 4.79 Å². The van der Waals surface area contributed by atoms with Gasteiger partial charge in [0.25, 0.3) is 5.78 Å². The predicted octanol–water partition coefficient (Wildman–Crippen LogP) is 3.74. The second-order valence-electron chi connectivity index (χ2n) is 5.76. The Hall–Kier alpha value is -2.12. The Balaban J connectivity index is 1.71. The van der Waals surface area contributed by atoms with Gasteiger partial charge in [-0.3, -0.25) is 4.79 Å². The SMILES string of the molecule is Cc1nc2nc(SCC(=O)Nc3cccc(Cl)c3C)nn2c(C)c1C. The number of anilines is 1. The second kappa shape index (κ2) is 7.01. The molecule has 3 rings (SSSR count). The van der Waals surface area contributed by atoms with Crippen molar-refractivity contribution in [3.05, 3.63) is 45.7 Å². The molecule has 0 aliphatic heterocycles. The second-order valence-corrected chi connectivity index (χ2v) is 7.11. The van der Waals surface area contributed by atoms with Crippen LogP contribution in [-0.4, -0.2) is 31.2 Å². The molecular formula is C17H18ClN5OS. The van der Waals surface area contributed by atoms with Crippen molar-refractivity contribution in [2.24, 2.45) is 0 Å². The molecule has 0 bridgehead atoms. The van der Waals surface area contributed by atoms with Crippen LogP contribution in [0, 0.1) is 27.7 Å². The van der Waals surface area contributed by atoms with Gasteiger partial charge < -0.3 is 5.32 Å². The van der Waals surface area contributed by atoms with Crippen molar-refractivity contribution in [1.29, 1.82) is 0 Å². The number of hydrogen-bond donors (Lipinski definition) is 1. The van der Waals surface area contributed by atoms with Gasteiger partial charge >= 0.3 is 0 Å². The molecule has 0 atom stereocenters. The number of carbonyl (C=O) groups is 1. The Labute approximate surface area is 155 Å². The number of fused-ring (bicyclic) bond motifs is 1. The first kappa shape index (κ1) is 17.7. The Bertz CT molecular complexity index is 969. The fourth-order valence-corrected chi connectivity index (χ4v) is 3.15. The lowest BCUT2D eigenvalue weighted by molar-refractivity contribution is -0.113. The maximum atomic E-state index is 12.2. The van der Waals surface area contributed by atoms with E-state index >= 15 is 0 Å². The number of nitrogens with zero attached hydrogens (tertiary/aromatic N) is 4. The van der Waals surface area contributed by atoms with E-state index in [9.17, 15) is 4.79 Å². The Kier molecular flexibility index (Phi) is 4.96. The third-order valence-electron chi connectivity index (χ3n) is 4.12. The monoisotopic (exact) mass is 375 g/mol. The smallest absolute Gasteiger partial charge is 0.253 e. The molecule has 0 saturated carbocycles. The highest BCUT2D eigenvalue weighted by molar-refractivity contribution is 7.99. The Morgan fingerprint density at radius 3 is 2.72 bits per heavy atom. The molecule has 0 spiro atoms. The molecule has 25 heavy (non-hydrogen) atoms. The van der Waals surface area contributed by atoms with Crippen LogP contribution in [0.5, 0.6) is 0 Å². The van der Waals surface area contributed by atoms with E-state index in [0.717, 1.165) is 22.5 Å². The van der Waals surface area contributed by atoms with Gasteiger partial charge in [-0.25, -0.2) is 9.50 Å². The predicted molar refractivity (Wildman–Crippen MR) is 101 cm³/mol. The fraction of sp³-hybridized carbons (Fsp3) is 0.294. The summed E-state index contributed by atoms with van der Waals surface area (Å²) in [4.78, 5) is 21.0. The zero-order chi connectivity index (χ0) is 18.1. The summed E-state index contributed by atoms with van der Waals surface area (Å²) in [7, 11) is 0. The van der Waals surface area contributed by atoms with Gasteiger partial charge in [-0.05, 0) is 51.0 Å². The van der Waals surface area contributed by atoms with E-state index in [4.69, 9.17) is 11.6 Å². The van der Waals surface area contributed by atoms with Crippen molar-refractivity contribution in [1.82, 2.24) is 19.6 Å². The summed E-state index contributed by atoms with van der Waals surface area (Å²) in [6.07, 6.45) is 0. The van der Waals surface area contributed by atoms with Crippen molar-refractivity contribution in [2.45, 2.75) is 32.9 Å². The van der Waals surface area contributed by atoms with Crippen LogP contribution in [0.3, 0.4) is 0 Å². The van der Waals surface area contributed by atoms with Gasteiger partial charge in [-0.1, -0.05) is 29.4 Å². The number of carbonyl (C=O) groups excluding carboxylic acids is 1. The summed E-state index contributed by atoms with van der Waals surface area (Å²) in [5, 5.41) is 8.44. The van der Waals surface area contributed by atoms with E-state index < -0.39 is 0 Å². The molecule has 0 saturated heterocycles. The summed E-state index contributed by atoms with van der Waals surface area (Å²) in [5.41, 5.74) is 4.58. The average molecular weight is 376 g/mol. The summed E-state index contributed by atoms with van der Waals surface area (Å²) < 4.78 is 1.71. The van der Waals surface area contributed by atoms with E-state index in [0.29, 0.717) is 21.6 Å². The van der Waals surface area contributed by atoms with Crippen LogP contribution in [0.1, 0.15) is 22.5 Å². The first-order valence-electron chi connectivity index (χ1n) is 7.75. The molecule has 0 aliphatic carbocycles. The quantitative estimate of drug-likeness (QED) is 0.703. The third kappa shape index (κ3) is 3.62. The molecule has 2 aromatic heterocycles. The topological polar surface area (TPSA) is 72.2 Å². The van der Waals surface area contributed by atoms with Crippen molar-refractivity contribution in [3.63, 3.8) is 0 Å². The number of aromatic nitrogens is 4. The number of rotatable bonds is 4. The molecule has 0 fully saturated rings. The number of hydrogen-bond acceptors (Lipinski definition) is 5. The van der Waals surface area contributed by atoms with E-state index in [2.05, 4.69) is 20.4 Å². The number of aryl methyl sites for hydroxylation is 2. The van der Waals surface area contributed by atoms with E-state index in [1.807, 2.05) is 33.8 Å². The largest absolute Gasteiger partial charge is 0.325 e. The first-order chi connectivity index (χ1) is 11.9. The van der Waals surface area contributed by atoms with Gasteiger partial charge in [0, 0.05) is 22.1 Å². The zero-order valence-corrected chi connectivity index (χ0v) is 16.0. The highest BCUT2D eigenvalue weighted by atomic mass is 35.5. The van der Waals surface area contributed by atoms with E-state index in [1.54, 1.807) is 16.6 Å². The van der Waals surface area contributed by atoms with Gasteiger partial charge in [0.05, 0.1) is 5.75 Å². The lowest BCUT2D eigenvalue weighted by atomic mass is 10.2. The van der Waals surface area contributed by atoms with Crippen LogP contribution < -0.4 is 5.32 Å². The molecule has 8 heteroatoms. The van der Waals surface area contributed by atoms with Crippen molar-refractivity contribution >= 4 is 40.7 Å². The van der Waals surface area contributed by atoms with Crippen LogP contribution in [0.4, 0.5) is 5.69 Å². The lowest BCUT2D eigenvalue weighted by Crippen LogP contribution is -2.15. The fourth-order valence-electron chi connectivity index (χ4n) is 2.36. The molecule has 6 nitrogen and oxygen atoms in total. The number of thioether (sulfide) groups is 1. The molecule has 130 valence electrons. The Morgan fingerprint density at radius 2 is 1.96 bits per heavy atom. The molecule has 1 amide bonds. The Morgan fingerprint density at radius 1 is 1.20 bits per heavy atom. The molecule has 0 aliphatic rings. The van der Waals surface area contributed by atoms with Gasteiger partial charge in [-0.15, -0.1) is 5.10 Å². The van der Waals surface area contributed by atoms with Crippen LogP contribution in [0.25, 0.3) is 5.78 Å². The minimum atomic E-state index is -0.133. The van der Waals surface area contributed by atoms with Gasteiger partial charge in [0.15, 0.2) is 0 Å². The molecule has 2 heterocycles. The van der Waals surface area contributed by atoms with Crippen LogP contribution >= 0.6 is 23.4 Å². The maximum absolute atomic E-state index is 12.2. The first-order valence-corrected chi connectivity index (χ1v) is 9.11. The van der Waals surface area contributed by atoms with Gasteiger partial charge in [0.1, 0.15) is 0 Å². The molecule has 1 N–H and O–H groups in total. The van der Waals surface area contributed by atoms with Crippen LogP contribution in [-0.2, 0) is 4.79 Å². The maximum Gasteiger partial charge on any atom is 0.253 e.